The lowest BCUT2D eigenvalue weighted by Gasteiger charge is -2.26. The van der Waals surface area contributed by atoms with Gasteiger partial charge in [0.25, 0.3) is 0 Å². The number of hydrogen-bond acceptors (Lipinski definition) is 7. The Morgan fingerprint density at radius 2 is 0.982 bits per heavy atom. The van der Waals surface area contributed by atoms with E-state index in [-0.39, 0.29) is 11.9 Å². The van der Waals surface area contributed by atoms with E-state index in [1.54, 1.807) is 0 Å². The van der Waals surface area contributed by atoms with E-state index in [1.165, 1.54) is 116 Å². The number of hydrogen-bond donors (Lipinski definition) is 0. The fourth-order valence-corrected chi connectivity index (χ4v) is 9.21. The minimum absolute atomic E-state index is 0.00656. The first-order valence-electron chi connectivity index (χ1n) is 24.9. The minimum atomic E-state index is -0.00656. The summed E-state index contributed by atoms with van der Waals surface area (Å²) in [5, 5.41) is 0. The smallest absolute Gasteiger partial charge is 0.305 e. The summed E-state index contributed by atoms with van der Waals surface area (Å²) in [4.78, 5) is 27.6. The number of morpholine rings is 1. The molecule has 0 amide bonds. The van der Waals surface area contributed by atoms with Crippen LogP contribution < -0.4 is 0 Å². The highest BCUT2D eigenvalue weighted by atomic mass is 16.5. The van der Waals surface area contributed by atoms with Crippen LogP contribution in [0.1, 0.15) is 215 Å². The van der Waals surface area contributed by atoms with E-state index >= 15 is 0 Å². The van der Waals surface area contributed by atoms with Crippen LogP contribution in [0.2, 0.25) is 0 Å². The molecule has 7 heteroatoms. The van der Waals surface area contributed by atoms with Crippen molar-refractivity contribution < 1.29 is 28.5 Å². The number of rotatable bonds is 8. The van der Waals surface area contributed by atoms with Crippen LogP contribution in [0.5, 0.6) is 0 Å². The van der Waals surface area contributed by atoms with Crippen LogP contribution in [-0.2, 0) is 28.5 Å². The Kier molecular flexibility index (Phi) is 31.5. The van der Waals surface area contributed by atoms with Gasteiger partial charge in [0.15, 0.2) is 0 Å². The molecular weight excluding hydrogens is 711 g/mol. The maximum absolute atomic E-state index is 12.5. The third-order valence-corrected chi connectivity index (χ3v) is 13.4. The van der Waals surface area contributed by atoms with E-state index in [4.69, 9.17) is 18.9 Å². The minimum Gasteiger partial charge on any atom is -0.466 e. The van der Waals surface area contributed by atoms with E-state index in [0.29, 0.717) is 67.7 Å². The van der Waals surface area contributed by atoms with Gasteiger partial charge in [-0.15, -0.1) is 0 Å². The Morgan fingerprint density at radius 1 is 0.544 bits per heavy atom. The first-order valence-corrected chi connectivity index (χ1v) is 24.9. The molecule has 7 nitrogen and oxygen atoms in total. The summed E-state index contributed by atoms with van der Waals surface area (Å²) in [6, 6.07) is 0. The zero-order valence-electron chi connectivity index (χ0n) is 38.7. The van der Waals surface area contributed by atoms with Crippen molar-refractivity contribution in [1.29, 1.82) is 0 Å². The molecule has 0 aliphatic carbocycles. The van der Waals surface area contributed by atoms with Crippen LogP contribution in [-0.4, -0.2) is 75.6 Å². The summed E-state index contributed by atoms with van der Waals surface area (Å²) in [6.07, 6.45) is 31.1. The van der Waals surface area contributed by atoms with Crippen molar-refractivity contribution in [1.82, 2.24) is 4.90 Å². The van der Waals surface area contributed by atoms with Gasteiger partial charge in [-0.3, -0.25) is 14.5 Å². The van der Waals surface area contributed by atoms with Gasteiger partial charge in [-0.1, -0.05) is 131 Å². The van der Waals surface area contributed by atoms with Crippen molar-refractivity contribution in [3.05, 3.63) is 0 Å². The van der Waals surface area contributed by atoms with Gasteiger partial charge in [0.2, 0.25) is 0 Å². The van der Waals surface area contributed by atoms with E-state index in [9.17, 15) is 9.59 Å². The fraction of sp³-hybridized carbons (Fsp3) is 0.960. The average molecular weight is 806 g/mol. The summed E-state index contributed by atoms with van der Waals surface area (Å²) in [5.41, 5.74) is 0. The number of ether oxygens (including phenoxy) is 4. The Balaban J connectivity index is 1.81. The zero-order valence-corrected chi connectivity index (χ0v) is 38.7. The van der Waals surface area contributed by atoms with Crippen LogP contribution in [0.4, 0.5) is 0 Å². The molecule has 0 radical (unpaired) electrons. The van der Waals surface area contributed by atoms with Crippen molar-refractivity contribution in [2.24, 2.45) is 35.5 Å². The van der Waals surface area contributed by atoms with Gasteiger partial charge in [-0.2, -0.15) is 0 Å². The Hall–Kier alpha value is -1.18. The molecule has 57 heavy (non-hydrogen) atoms. The second kappa shape index (κ2) is 34.5. The van der Waals surface area contributed by atoms with Crippen molar-refractivity contribution in [3.63, 3.8) is 0 Å². The molecule has 0 saturated carbocycles. The number of carbonyl (C=O) groups is 2. The summed E-state index contributed by atoms with van der Waals surface area (Å²) < 4.78 is 23.5. The third-order valence-electron chi connectivity index (χ3n) is 13.4. The quantitative estimate of drug-likeness (QED) is 0.179. The molecule has 0 bridgehead atoms. The van der Waals surface area contributed by atoms with Gasteiger partial charge in [0.1, 0.15) is 0 Å². The van der Waals surface area contributed by atoms with E-state index in [0.717, 1.165) is 84.4 Å². The molecule has 2 rings (SSSR count). The van der Waals surface area contributed by atoms with Gasteiger partial charge >= 0.3 is 11.9 Å². The molecule has 2 saturated heterocycles. The molecule has 2 aliphatic heterocycles. The Bertz CT molecular complexity index is 891. The Morgan fingerprint density at radius 3 is 1.44 bits per heavy atom. The molecule has 336 valence electrons. The number of carbonyl (C=O) groups excluding carboxylic acids is 2. The zero-order chi connectivity index (χ0) is 41.4. The maximum Gasteiger partial charge on any atom is 0.305 e. The van der Waals surface area contributed by atoms with Crippen LogP contribution in [0, 0.1) is 35.5 Å². The first-order chi connectivity index (χ1) is 27.6. The average Bonchev–Trinajstić information content (AvgIpc) is 3.18. The number of unbranched alkanes of at least 4 members (excludes halogenated alkanes) is 1. The lowest BCUT2D eigenvalue weighted by atomic mass is 9.81. The number of nitrogens with zero attached hydrogens (tertiary/aromatic N) is 1. The lowest BCUT2D eigenvalue weighted by molar-refractivity contribution is -0.145. The van der Waals surface area contributed by atoms with E-state index in [1.807, 2.05) is 0 Å². The third kappa shape index (κ3) is 28.8. The number of cyclic esters (lactones) is 2. The summed E-state index contributed by atoms with van der Waals surface area (Å²) >= 11 is 0. The number of esters is 2. The van der Waals surface area contributed by atoms with Gasteiger partial charge < -0.3 is 18.9 Å². The predicted octanol–water partition coefficient (Wildman–Crippen LogP) is 13.2. The highest BCUT2D eigenvalue weighted by Crippen LogP contribution is 2.30. The molecule has 2 fully saturated rings. The monoisotopic (exact) mass is 806 g/mol. The second-order valence-electron chi connectivity index (χ2n) is 19.3. The van der Waals surface area contributed by atoms with Crippen molar-refractivity contribution in [2.75, 3.05) is 52.7 Å². The highest BCUT2D eigenvalue weighted by molar-refractivity contribution is 5.69. The van der Waals surface area contributed by atoms with E-state index in [2.05, 4.69) is 46.4 Å². The van der Waals surface area contributed by atoms with Crippen molar-refractivity contribution >= 4 is 11.9 Å². The topological polar surface area (TPSA) is 74.3 Å². The lowest BCUT2D eigenvalue weighted by Crippen LogP contribution is -2.36. The molecule has 2 heterocycles. The van der Waals surface area contributed by atoms with Gasteiger partial charge in [-0.25, -0.2) is 0 Å². The first kappa shape index (κ1) is 52.0. The molecule has 0 aromatic heterocycles. The van der Waals surface area contributed by atoms with Gasteiger partial charge in [0.05, 0.1) is 32.5 Å². The van der Waals surface area contributed by atoms with Gasteiger partial charge in [-0.05, 0) is 113 Å². The Labute approximate surface area is 353 Å². The molecule has 0 aromatic carbocycles. The largest absolute Gasteiger partial charge is 0.466 e. The second-order valence-corrected chi connectivity index (χ2v) is 19.3. The standard InChI is InChI=1S/C50H95NO6/c1-42(2)46-29-27-44(5)41-45(6)28-30-47(43(3)4)32-38-57-50(53)26-20-16-12-8-10-14-18-24-48(55-36-22-21-33-51-34-39-54-40-35-51)23-17-13-9-7-11-15-19-25-49(52)56-37-31-46/h42-48H,7-41H2,1-6H3. The SMILES string of the molecule is CC1CCC(C(C)C)CCOC(=O)CCCCCCCCCC(OCCCCN2CCOCC2)CCCCCCCCCC(=O)OCCC(C(C)C)CCC(C)C1. The van der Waals surface area contributed by atoms with Crippen LogP contribution in [0.3, 0.4) is 0 Å². The van der Waals surface area contributed by atoms with E-state index < -0.39 is 0 Å². The molecule has 4 unspecified atom stereocenters. The summed E-state index contributed by atoms with van der Waals surface area (Å²) in [6.45, 7) is 21.2. The van der Waals surface area contributed by atoms with Crippen molar-refractivity contribution in [2.45, 2.75) is 221 Å². The predicted molar refractivity (Wildman–Crippen MR) is 239 cm³/mol. The summed E-state index contributed by atoms with van der Waals surface area (Å²) in [7, 11) is 0. The summed E-state index contributed by atoms with van der Waals surface area (Å²) in [5.74, 6) is 3.82. The molecule has 0 aromatic rings. The molecule has 0 N–H and O–H groups in total. The van der Waals surface area contributed by atoms with Crippen molar-refractivity contribution in [3.8, 4) is 0 Å². The molecule has 2 aliphatic rings. The van der Waals surface area contributed by atoms with Gasteiger partial charge in [0, 0.05) is 32.5 Å². The fourth-order valence-electron chi connectivity index (χ4n) is 9.21. The molecule has 4 atom stereocenters. The normalized spacial score (nSPS) is 28.1. The highest BCUT2D eigenvalue weighted by Gasteiger charge is 2.20. The van der Waals surface area contributed by atoms with Crippen LogP contribution in [0.15, 0.2) is 0 Å². The maximum atomic E-state index is 12.5. The molecular formula is C50H95NO6. The van der Waals surface area contributed by atoms with Crippen LogP contribution >= 0.6 is 0 Å². The molecule has 0 spiro atoms. The van der Waals surface area contributed by atoms with Crippen LogP contribution in [0.25, 0.3) is 0 Å².